The minimum Gasteiger partial charge on any atom is -0.390 e. The van der Waals surface area contributed by atoms with Crippen LogP contribution in [0, 0.1) is 11.8 Å². The van der Waals surface area contributed by atoms with Gasteiger partial charge in [0.25, 0.3) is 5.91 Å². The number of fused-ring (bicyclic) bond motifs is 1. The van der Waals surface area contributed by atoms with E-state index in [9.17, 15) is 14.7 Å². The van der Waals surface area contributed by atoms with Gasteiger partial charge in [-0.15, -0.1) is 0 Å². The summed E-state index contributed by atoms with van der Waals surface area (Å²) in [4.78, 5) is 33.4. The number of halogens is 1. The Morgan fingerprint density at radius 1 is 1.16 bits per heavy atom. The Morgan fingerprint density at radius 3 is 2.55 bits per heavy atom. The summed E-state index contributed by atoms with van der Waals surface area (Å²) >= 11 is 6.33. The molecule has 1 saturated carbocycles. The SMILES string of the molecule is CC(C)C[C@@H](C(=O)NC1N=C(c2ccccc2)c2cc(Cl)ccc2N(C)C1=O)[C@@H](O)COC1CCCCC1. The van der Waals surface area contributed by atoms with Crippen molar-refractivity contribution in [3.8, 4) is 0 Å². The molecule has 2 N–H and O–H groups in total. The molecule has 0 saturated heterocycles. The Labute approximate surface area is 230 Å². The van der Waals surface area contributed by atoms with Gasteiger partial charge in [0.15, 0.2) is 0 Å². The number of carbonyl (C=O) groups is 2. The zero-order chi connectivity index (χ0) is 27.2. The van der Waals surface area contributed by atoms with Gasteiger partial charge in [-0.05, 0) is 43.4 Å². The maximum absolute atomic E-state index is 13.6. The molecule has 7 nitrogen and oxygen atoms in total. The van der Waals surface area contributed by atoms with Gasteiger partial charge in [-0.3, -0.25) is 9.59 Å². The van der Waals surface area contributed by atoms with Crippen LogP contribution in [-0.4, -0.2) is 54.7 Å². The second-order valence-electron chi connectivity index (χ2n) is 10.7. The van der Waals surface area contributed by atoms with Gasteiger partial charge in [0.2, 0.25) is 12.1 Å². The molecule has 4 rings (SSSR count). The molecule has 0 bridgehead atoms. The molecule has 1 aliphatic carbocycles. The van der Waals surface area contributed by atoms with E-state index < -0.39 is 24.1 Å². The third-order valence-electron chi connectivity index (χ3n) is 7.31. The summed E-state index contributed by atoms with van der Waals surface area (Å²) in [5.74, 6) is -1.35. The van der Waals surface area contributed by atoms with Crippen LogP contribution in [-0.2, 0) is 14.3 Å². The Hall–Kier alpha value is -2.74. The zero-order valence-electron chi connectivity index (χ0n) is 22.4. The third-order valence-corrected chi connectivity index (χ3v) is 7.54. The number of benzene rings is 2. The highest BCUT2D eigenvalue weighted by atomic mass is 35.5. The van der Waals surface area contributed by atoms with Crippen molar-refractivity contribution in [1.29, 1.82) is 0 Å². The fraction of sp³-hybridized carbons (Fsp3) is 0.500. The minimum atomic E-state index is -1.16. The normalized spacial score (nSPS) is 19.9. The van der Waals surface area contributed by atoms with E-state index in [4.69, 9.17) is 21.3 Å². The summed E-state index contributed by atoms with van der Waals surface area (Å²) in [7, 11) is 1.66. The average Bonchev–Trinajstić information content (AvgIpc) is 3.01. The number of anilines is 1. The van der Waals surface area contributed by atoms with E-state index in [1.807, 2.05) is 44.2 Å². The van der Waals surface area contributed by atoms with Gasteiger partial charge in [0.1, 0.15) is 0 Å². The standard InChI is InChI=1S/C30H38ClN3O4/c1-19(2)16-24(26(35)18-38-22-12-8-5-9-13-22)29(36)33-28-30(37)34(3)25-15-14-21(31)17-23(25)27(32-28)20-10-6-4-7-11-20/h4,6-7,10-11,14-15,17,19,22,24,26,28,35H,5,8-9,12-13,16,18H2,1-3H3,(H,33,36)/t24-,26+,28?/m1/s1. The molecule has 38 heavy (non-hydrogen) atoms. The average molecular weight is 540 g/mol. The van der Waals surface area contributed by atoms with Crippen molar-refractivity contribution in [2.45, 2.75) is 70.7 Å². The highest BCUT2D eigenvalue weighted by molar-refractivity contribution is 6.32. The van der Waals surface area contributed by atoms with Crippen LogP contribution in [0.2, 0.25) is 5.02 Å². The zero-order valence-corrected chi connectivity index (χ0v) is 23.2. The van der Waals surface area contributed by atoms with Crippen molar-refractivity contribution in [3.05, 3.63) is 64.7 Å². The van der Waals surface area contributed by atoms with Crippen LogP contribution in [0.1, 0.15) is 63.5 Å². The Balaban J connectivity index is 1.60. The van der Waals surface area contributed by atoms with Crippen molar-refractivity contribution in [2.75, 3.05) is 18.6 Å². The Kier molecular flexibility index (Phi) is 9.58. The lowest BCUT2D eigenvalue weighted by molar-refractivity contribution is -0.135. The van der Waals surface area contributed by atoms with Gasteiger partial charge in [-0.25, -0.2) is 4.99 Å². The van der Waals surface area contributed by atoms with Gasteiger partial charge >= 0.3 is 0 Å². The fourth-order valence-corrected chi connectivity index (χ4v) is 5.41. The van der Waals surface area contributed by atoms with Crippen molar-refractivity contribution in [1.82, 2.24) is 5.32 Å². The van der Waals surface area contributed by atoms with Crippen molar-refractivity contribution in [2.24, 2.45) is 16.8 Å². The number of hydrogen-bond donors (Lipinski definition) is 2. The van der Waals surface area contributed by atoms with Crippen molar-refractivity contribution >= 4 is 34.8 Å². The van der Waals surface area contributed by atoms with Crippen LogP contribution in [0.25, 0.3) is 0 Å². The Morgan fingerprint density at radius 2 is 1.87 bits per heavy atom. The fourth-order valence-electron chi connectivity index (χ4n) is 5.24. The number of aliphatic imine (C=N–C) groups is 1. The highest BCUT2D eigenvalue weighted by Gasteiger charge is 2.35. The number of aliphatic hydroxyl groups is 1. The monoisotopic (exact) mass is 539 g/mol. The van der Waals surface area contributed by atoms with Crippen LogP contribution < -0.4 is 10.2 Å². The summed E-state index contributed by atoms with van der Waals surface area (Å²) in [5, 5.41) is 14.4. The quantitative estimate of drug-likeness (QED) is 0.471. The lowest BCUT2D eigenvalue weighted by Gasteiger charge is -2.28. The molecule has 0 aromatic heterocycles. The molecular weight excluding hydrogens is 502 g/mol. The molecule has 1 unspecified atom stereocenters. The number of rotatable bonds is 9. The van der Waals surface area contributed by atoms with Gasteiger partial charge in [0.05, 0.1) is 36.1 Å². The summed E-state index contributed by atoms with van der Waals surface area (Å²) in [6.45, 7) is 4.10. The smallest absolute Gasteiger partial charge is 0.272 e. The number of hydrogen-bond acceptors (Lipinski definition) is 5. The van der Waals surface area contributed by atoms with E-state index in [0.29, 0.717) is 28.4 Å². The first-order valence-electron chi connectivity index (χ1n) is 13.6. The maximum Gasteiger partial charge on any atom is 0.272 e. The van der Waals surface area contributed by atoms with Crippen LogP contribution in [0.15, 0.2) is 53.5 Å². The van der Waals surface area contributed by atoms with Crippen LogP contribution in [0.5, 0.6) is 0 Å². The van der Waals surface area contributed by atoms with E-state index in [1.54, 1.807) is 25.2 Å². The molecule has 8 heteroatoms. The molecule has 3 atom stereocenters. The number of carbonyl (C=O) groups excluding carboxylic acids is 2. The molecule has 2 amide bonds. The van der Waals surface area contributed by atoms with E-state index in [-0.39, 0.29) is 24.5 Å². The summed E-state index contributed by atoms with van der Waals surface area (Å²) in [6.07, 6.45) is 3.89. The topological polar surface area (TPSA) is 91.2 Å². The third kappa shape index (κ3) is 6.82. The molecule has 2 aliphatic rings. The summed E-state index contributed by atoms with van der Waals surface area (Å²) in [5.41, 5.74) is 2.72. The minimum absolute atomic E-state index is 0.0937. The first kappa shape index (κ1) is 28.3. The van der Waals surface area contributed by atoms with Gasteiger partial charge < -0.3 is 20.1 Å². The second-order valence-corrected chi connectivity index (χ2v) is 11.1. The van der Waals surface area contributed by atoms with Crippen LogP contribution in [0.4, 0.5) is 5.69 Å². The predicted octanol–water partition coefficient (Wildman–Crippen LogP) is 4.97. The molecular formula is C30H38ClN3O4. The number of nitrogens with one attached hydrogen (secondary N) is 1. The lowest BCUT2D eigenvalue weighted by Crippen LogP contribution is -2.50. The number of nitrogens with zero attached hydrogens (tertiary/aromatic N) is 2. The molecule has 1 fully saturated rings. The maximum atomic E-state index is 13.6. The summed E-state index contributed by atoms with van der Waals surface area (Å²) < 4.78 is 5.99. The molecule has 0 radical (unpaired) electrons. The molecule has 1 heterocycles. The van der Waals surface area contributed by atoms with E-state index >= 15 is 0 Å². The second kappa shape index (κ2) is 12.9. The van der Waals surface area contributed by atoms with Gasteiger partial charge in [-0.2, -0.15) is 0 Å². The number of amides is 2. The largest absolute Gasteiger partial charge is 0.390 e. The first-order chi connectivity index (χ1) is 18.2. The molecule has 204 valence electrons. The molecule has 0 spiro atoms. The van der Waals surface area contributed by atoms with Crippen LogP contribution in [0.3, 0.4) is 0 Å². The van der Waals surface area contributed by atoms with E-state index in [0.717, 1.165) is 31.2 Å². The van der Waals surface area contributed by atoms with E-state index in [2.05, 4.69) is 5.32 Å². The van der Waals surface area contributed by atoms with Gasteiger partial charge in [-0.1, -0.05) is 75.0 Å². The van der Waals surface area contributed by atoms with Crippen molar-refractivity contribution in [3.63, 3.8) is 0 Å². The molecule has 1 aliphatic heterocycles. The predicted molar refractivity (Wildman–Crippen MR) is 151 cm³/mol. The summed E-state index contributed by atoms with van der Waals surface area (Å²) in [6, 6.07) is 14.8. The molecule has 2 aromatic carbocycles. The lowest BCUT2D eigenvalue weighted by atomic mass is 9.91. The van der Waals surface area contributed by atoms with Crippen molar-refractivity contribution < 1.29 is 19.4 Å². The van der Waals surface area contributed by atoms with E-state index in [1.165, 1.54) is 11.3 Å². The number of likely N-dealkylation sites (N-methyl/N-ethyl adjacent to an activating group) is 1. The number of ether oxygens (including phenoxy) is 1. The Bertz CT molecular complexity index is 1150. The van der Waals surface area contributed by atoms with Crippen LogP contribution >= 0.6 is 11.6 Å². The first-order valence-corrected chi connectivity index (χ1v) is 13.9. The highest BCUT2D eigenvalue weighted by Crippen LogP contribution is 2.30. The number of benzodiazepines with no additional fused rings is 1. The van der Waals surface area contributed by atoms with Gasteiger partial charge in [0, 0.05) is 23.2 Å². The number of aliphatic hydroxyl groups excluding tert-OH is 1. The molecule has 2 aromatic rings.